The molecule has 1 fully saturated rings. The summed E-state index contributed by atoms with van der Waals surface area (Å²) in [5.74, 6) is 0. The second kappa shape index (κ2) is 7.52. The molecular weight excluding hydrogens is 414 g/mol. The average Bonchev–Trinajstić information content (AvgIpc) is 3.02. The van der Waals surface area contributed by atoms with Gasteiger partial charge in [-0.15, -0.1) is 0 Å². The maximum absolute atomic E-state index is 12.6. The highest BCUT2D eigenvalue weighted by molar-refractivity contribution is 7.80. The number of urea groups is 1. The fourth-order valence-electron chi connectivity index (χ4n) is 3.66. The van der Waals surface area contributed by atoms with Crippen molar-refractivity contribution in [1.82, 2.24) is 15.2 Å². The van der Waals surface area contributed by atoms with Gasteiger partial charge in [0.15, 0.2) is 0 Å². The third kappa shape index (κ3) is 3.32. The van der Waals surface area contributed by atoms with Gasteiger partial charge in [0.25, 0.3) is 0 Å². The van der Waals surface area contributed by atoms with Gasteiger partial charge in [-0.25, -0.2) is 9.78 Å². The number of thiocarbonyl (C=S) groups is 1. The number of carbonyl (C=O) groups excluding carboxylic acids is 1. The average molecular weight is 430 g/mol. The Bertz CT molecular complexity index is 1290. The first-order chi connectivity index (χ1) is 14.6. The third-order valence-corrected chi connectivity index (χ3v) is 5.83. The first-order valence-electron chi connectivity index (χ1n) is 9.46. The molecule has 0 radical (unpaired) electrons. The van der Waals surface area contributed by atoms with E-state index >= 15 is 0 Å². The minimum atomic E-state index is -0.233. The summed E-state index contributed by atoms with van der Waals surface area (Å²) >= 11 is 11.6. The van der Waals surface area contributed by atoms with Crippen LogP contribution in [0.4, 0.5) is 4.79 Å². The van der Waals surface area contributed by atoms with E-state index in [-0.39, 0.29) is 6.03 Å². The molecule has 2 heterocycles. The van der Waals surface area contributed by atoms with E-state index in [1.54, 1.807) is 17.0 Å². The Morgan fingerprint density at radius 3 is 2.17 bits per heavy atom. The summed E-state index contributed by atoms with van der Waals surface area (Å²) in [5, 5.41) is 5.60. The fraction of sp³-hybridized carbons (Fsp3) is 0.0417. The maximum atomic E-state index is 12.6. The maximum Gasteiger partial charge on any atom is 0.327 e. The van der Waals surface area contributed by atoms with Crippen molar-refractivity contribution < 1.29 is 4.79 Å². The number of aromatic nitrogens is 1. The Morgan fingerprint density at radius 2 is 1.53 bits per heavy atom. The summed E-state index contributed by atoms with van der Waals surface area (Å²) in [5.41, 5.74) is 4.36. The second-order valence-corrected chi connectivity index (χ2v) is 7.89. The van der Waals surface area contributed by atoms with Crippen LogP contribution in [0.15, 0.2) is 78.5 Å². The van der Waals surface area contributed by atoms with Gasteiger partial charge in [0, 0.05) is 15.8 Å². The van der Waals surface area contributed by atoms with Crippen molar-refractivity contribution in [3.05, 3.63) is 94.6 Å². The summed E-state index contributed by atoms with van der Waals surface area (Å²) in [6, 6.07) is 23.1. The summed E-state index contributed by atoms with van der Waals surface area (Å²) in [4.78, 5) is 19.4. The quantitative estimate of drug-likeness (QED) is 0.249. The Morgan fingerprint density at radius 1 is 0.933 bits per heavy atom. The van der Waals surface area contributed by atoms with E-state index in [1.807, 2.05) is 66.7 Å². The van der Waals surface area contributed by atoms with Crippen LogP contribution in [0.3, 0.4) is 0 Å². The largest absolute Gasteiger partial charge is 0.327 e. The van der Waals surface area contributed by atoms with E-state index in [4.69, 9.17) is 28.8 Å². The minimum absolute atomic E-state index is 0.233. The van der Waals surface area contributed by atoms with Gasteiger partial charge in [0.2, 0.25) is 0 Å². The zero-order valence-corrected chi connectivity index (χ0v) is 17.4. The number of nitrogens with one attached hydrogen (secondary N) is 1. The SMILES string of the molecule is O=C1NC(=Cc2c3ccccc3nc3ccccc23)C(=S)N1Cc1ccc(Cl)cc1. The first-order valence-corrected chi connectivity index (χ1v) is 10.3. The normalized spacial score (nSPS) is 15.4. The zero-order valence-electron chi connectivity index (χ0n) is 15.8. The lowest BCUT2D eigenvalue weighted by Gasteiger charge is -2.14. The van der Waals surface area contributed by atoms with Crippen molar-refractivity contribution in [3.63, 3.8) is 0 Å². The van der Waals surface area contributed by atoms with Gasteiger partial charge in [0.05, 0.1) is 23.3 Å². The molecule has 0 bridgehead atoms. The number of para-hydroxylation sites is 2. The van der Waals surface area contributed by atoms with Crippen LogP contribution in [0, 0.1) is 0 Å². The Labute approximate surface area is 183 Å². The first kappa shape index (κ1) is 18.7. The number of rotatable bonds is 3. The van der Waals surface area contributed by atoms with E-state index in [2.05, 4.69) is 5.32 Å². The highest BCUT2D eigenvalue weighted by atomic mass is 35.5. The molecule has 1 N–H and O–H groups in total. The molecule has 1 aromatic heterocycles. The van der Waals surface area contributed by atoms with Crippen LogP contribution in [-0.4, -0.2) is 20.9 Å². The summed E-state index contributed by atoms with van der Waals surface area (Å²) in [6.45, 7) is 0.386. The molecule has 1 aliphatic rings. The smallest absolute Gasteiger partial charge is 0.305 e. The molecule has 0 aliphatic carbocycles. The lowest BCUT2D eigenvalue weighted by atomic mass is 10.0. The monoisotopic (exact) mass is 429 g/mol. The van der Waals surface area contributed by atoms with Crippen LogP contribution in [0.1, 0.15) is 11.1 Å². The molecule has 2 amide bonds. The van der Waals surface area contributed by atoms with Crippen LogP contribution >= 0.6 is 23.8 Å². The zero-order chi connectivity index (χ0) is 20.7. The highest BCUT2D eigenvalue weighted by Gasteiger charge is 2.30. The van der Waals surface area contributed by atoms with Crippen molar-refractivity contribution >= 4 is 62.7 Å². The van der Waals surface area contributed by atoms with E-state index in [0.29, 0.717) is 22.3 Å². The standard InChI is InChI=1S/C24H16ClN3OS/c25-16-11-9-15(10-12-16)14-28-23(30)22(27-24(28)29)13-19-17-5-1-3-7-20(17)26-21-8-4-2-6-18(19)21/h1-13H,14H2,(H,27,29). The highest BCUT2D eigenvalue weighted by Crippen LogP contribution is 2.29. The third-order valence-electron chi connectivity index (χ3n) is 5.13. The predicted molar refractivity (Wildman–Crippen MR) is 125 cm³/mol. The Hall–Kier alpha value is -3.28. The molecular formula is C24H16ClN3OS. The molecule has 1 saturated heterocycles. The second-order valence-electron chi connectivity index (χ2n) is 7.07. The number of hydrogen-bond acceptors (Lipinski definition) is 3. The van der Waals surface area contributed by atoms with Gasteiger partial charge in [-0.05, 0) is 41.5 Å². The molecule has 0 unspecified atom stereocenters. The van der Waals surface area contributed by atoms with Crippen molar-refractivity contribution in [2.24, 2.45) is 0 Å². The molecule has 1 aliphatic heterocycles. The van der Waals surface area contributed by atoms with Crippen molar-refractivity contribution in [3.8, 4) is 0 Å². The number of nitrogens with zero attached hydrogens (tertiary/aromatic N) is 2. The van der Waals surface area contributed by atoms with Gasteiger partial charge in [-0.1, -0.05) is 72.3 Å². The van der Waals surface area contributed by atoms with E-state index in [0.717, 1.165) is 32.9 Å². The predicted octanol–water partition coefficient (Wildman–Crippen LogP) is 5.94. The number of benzene rings is 3. The van der Waals surface area contributed by atoms with Crippen LogP contribution in [0.5, 0.6) is 0 Å². The van der Waals surface area contributed by atoms with E-state index < -0.39 is 0 Å². The molecule has 6 heteroatoms. The number of halogens is 1. The molecule has 4 nitrogen and oxygen atoms in total. The number of amides is 2. The molecule has 0 saturated carbocycles. The van der Waals surface area contributed by atoms with Crippen molar-refractivity contribution in [2.75, 3.05) is 0 Å². The van der Waals surface area contributed by atoms with Gasteiger partial charge in [-0.2, -0.15) is 0 Å². The molecule has 0 atom stereocenters. The summed E-state index contributed by atoms with van der Waals surface area (Å²) in [7, 11) is 0. The molecule has 4 aromatic rings. The lowest BCUT2D eigenvalue weighted by Crippen LogP contribution is -2.29. The number of carbonyl (C=O) groups is 1. The van der Waals surface area contributed by atoms with Crippen molar-refractivity contribution in [1.29, 1.82) is 0 Å². The molecule has 30 heavy (non-hydrogen) atoms. The molecule has 5 rings (SSSR count). The van der Waals surface area contributed by atoms with Gasteiger partial charge in [-0.3, -0.25) is 4.90 Å². The Kier molecular flexibility index (Phi) is 4.69. The minimum Gasteiger partial charge on any atom is -0.305 e. The lowest BCUT2D eigenvalue weighted by molar-refractivity contribution is 0.228. The topological polar surface area (TPSA) is 45.2 Å². The fourth-order valence-corrected chi connectivity index (χ4v) is 4.04. The van der Waals surface area contributed by atoms with Crippen LogP contribution in [0.25, 0.3) is 27.9 Å². The Balaban J connectivity index is 1.58. The number of pyridine rings is 1. The van der Waals surface area contributed by atoms with Gasteiger partial charge in [0.1, 0.15) is 4.99 Å². The van der Waals surface area contributed by atoms with Gasteiger partial charge >= 0.3 is 6.03 Å². The summed E-state index contributed by atoms with van der Waals surface area (Å²) in [6.07, 6.45) is 1.95. The van der Waals surface area contributed by atoms with Crippen molar-refractivity contribution in [2.45, 2.75) is 6.54 Å². The molecule has 0 spiro atoms. The summed E-state index contributed by atoms with van der Waals surface area (Å²) < 4.78 is 0. The molecule has 146 valence electrons. The van der Waals surface area contributed by atoms with E-state index in [9.17, 15) is 4.79 Å². The van der Waals surface area contributed by atoms with Crippen LogP contribution < -0.4 is 5.32 Å². The van der Waals surface area contributed by atoms with Crippen LogP contribution in [0.2, 0.25) is 5.02 Å². The number of hydrogen-bond donors (Lipinski definition) is 1. The van der Waals surface area contributed by atoms with Gasteiger partial charge < -0.3 is 5.32 Å². The number of fused-ring (bicyclic) bond motifs is 2. The van der Waals surface area contributed by atoms with E-state index in [1.165, 1.54) is 0 Å². The van der Waals surface area contributed by atoms with Crippen LogP contribution in [-0.2, 0) is 6.54 Å². The molecule has 3 aromatic carbocycles.